The van der Waals surface area contributed by atoms with Gasteiger partial charge in [-0.05, 0) is 37.1 Å². The minimum atomic E-state index is -0.102. The van der Waals surface area contributed by atoms with Crippen molar-refractivity contribution >= 4 is 5.91 Å². The Morgan fingerprint density at radius 3 is 2.43 bits per heavy atom. The van der Waals surface area contributed by atoms with E-state index in [2.05, 4.69) is 45.6 Å². The predicted molar refractivity (Wildman–Crippen MR) is 116 cm³/mol. The van der Waals surface area contributed by atoms with E-state index in [-0.39, 0.29) is 11.4 Å². The lowest BCUT2D eigenvalue weighted by atomic mass is 9.83. The van der Waals surface area contributed by atoms with Crippen LogP contribution in [0.5, 0.6) is 0 Å². The molecule has 1 spiro atoms. The van der Waals surface area contributed by atoms with Gasteiger partial charge in [-0.3, -0.25) is 14.7 Å². The molecule has 30 heavy (non-hydrogen) atoms. The van der Waals surface area contributed by atoms with Gasteiger partial charge in [0.1, 0.15) is 5.82 Å². The first-order valence-electron chi connectivity index (χ1n) is 10.8. The van der Waals surface area contributed by atoms with Crippen molar-refractivity contribution in [2.24, 2.45) is 0 Å². The van der Waals surface area contributed by atoms with E-state index in [1.54, 1.807) is 24.5 Å². The molecule has 0 unspecified atom stereocenters. The Balaban J connectivity index is 1.44. The van der Waals surface area contributed by atoms with Crippen molar-refractivity contribution in [3.63, 3.8) is 0 Å². The number of likely N-dealkylation sites (N-methyl/N-ethyl adjacent to an activating group) is 1. The Kier molecular flexibility index (Phi) is 4.87. The highest BCUT2D eigenvalue weighted by Crippen LogP contribution is 2.42. The van der Waals surface area contributed by atoms with Crippen molar-refractivity contribution in [1.29, 1.82) is 0 Å². The molecule has 154 valence electrons. The number of benzene rings is 1. The summed E-state index contributed by atoms with van der Waals surface area (Å²) < 4.78 is 2.40. The van der Waals surface area contributed by atoms with E-state index in [0.29, 0.717) is 5.56 Å². The number of hydrogen-bond acceptors (Lipinski definition) is 4. The first kappa shape index (κ1) is 19.0. The monoisotopic (exact) mass is 401 g/mol. The Bertz CT molecular complexity index is 1020. The lowest BCUT2D eigenvalue weighted by Gasteiger charge is -2.50. The summed E-state index contributed by atoms with van der Waals surface area (Å²) in [7, 11) is 0. The molecule has 1 saturated heterocycles. The van der Waals surface area contributed by atoms with Gasteiger partial charge in [-0.2, -0.15) is 0 Å². The highest BCUT2D eigenvalue weighted by molar-refractivity contribution is 5.94. The van der Waals surface area contributed by atoms with Gasteiger partial charge in [0.25, 0.3) is 5.91 Å². The highest BCUT2D eigenvalue weighted by atomic mass is 16.2. The molecule has 1 aromatic carbocycles. The van der Waals surface area contributed by atoms with E-state index in [0.717, 1.165) is 51.4 Å². The third-order valence-corrected chi connectivity index (χ3v) is 6.73. The summed E-state index contributed by atoms with van der Waals surface area (Å²) in [6, 6.07) is 14.1. The number of imidazole rings is 1. The van der Waals surface area contributed by atoms with Crippen LogP contribution in [0.3, 0.4) is 0 Å². The van der Waals surface area contributed by atoms with Gasteiger partial charge in [0.2, 0.25) is 0 Å². The van der Waals surface area contributed by atoms with Gasteiger partial charge in [-0.25, -0.2) is 4.98 Å². The Labute approximate surface area is 177 Å². The lowest BCUT2D eigenvalue weighted by Crippen LogP contribution is -2.58. The van der Waals surface area contributed by atoms with Crippen molar-refractivity contribution in [2.45, 2.75) is 31.8 Å². The number of carbonyl (C=O) groups is 1. The smallest absolute Gasteiger partial charge is 0.253 e. The van der Waals surface area contributed by atoms with Crippen LogP contribution < -0.4 is 0 Å². The molecule has 0 radical (unpaired) electrons. The standard InChI is InChI=1S/C24H27N5O/c1-2-28-16-17-29-21(19-6-4-3-5-7-19)18-26-23(29)24(28)10-14-27(15-11-24)22(30)20-8-12-25-13-9-20/h3-9,12-13,18H,2,10-11,14-17H2,1H3. The normalized spacial score (nSPS) is 18.4. The molecule has 2 aliphatic rings. The average Bonchev–Trinajstić information content (AvgIpc) is 3.26. The number of rotatable bonds is 3. The summed E-state index contributed by atoms with van der Waals surface area (Å²) in [4.78, 5) is 26.4. The van der Waals surface area contributed by atoms with Gasteiger partial charge in [-0.15, -0.1) is 0 Å². The van der Waals surface area contributed by atoms with E-state index in [4.69, 9.17) is 4.98 Å². The summed E-state index contributed by atoms with van der Waals surface area (Å²) in [6.45, 7) is 6.67. The van der Waals surface area contributed by atoms with Gasteiger partial charge in [0, 0.05) is 44.1 Å². The largest absolute Gasteiger partial charge is 0.338 e. The molecule has 0 N–H and O–H groups in total. The number of likely N-dealkylation sites (tertiary alicyclic amines) is 1. The predicted octanol–water partition coefficient (Wildman–Crippen LogP) is 3.41. The Hall–Kier alpha value is -2.99. The molecule has 2 aromatic heterocycles. The van der Waals surface area contributed by atoms with Gasteiger partial charge < -0.3 is 9.47 Å². The first-order chi connectivity index (χ1) is 14.7. The minimum absolute atomic E-state index is 0.0967. The zero-order chi connectivity index (χ0) is 20.6. The van der Waals surface area contributed by atoms with Crippen LogP contribution in [0.2, 0.25) is 0 Å². The number of fused-ring (bicyclic) bond motifs is 2. The minimum Gasteiger partial charge on any atom is -0.338 e. The van der Waals surface area contributed by atoms with Crippen LogP contribution in [0.25, 0.3) is 11.3 Å². The zero-order valence-corrected chi connectivity index (χ0v) is 17.4. The van der Waals surface area contributed by atoms with Crippen molar-refractivity contribution in [1.82, 2.24) is 24.3 Å². The van der Waals surface area contributed by atoms with Gasteiger partial charge in [-0.1, -0.05) is 37.3 Å². The maximum Gasteiger partial charge on any atom is 0.253 e. The molecule has 0 atom stereocenters. The average molecular weight is 402 g/mol. The third kappa shape index (κ3) is 3.03. The molecular formula is C24H27N5O. The third-order valence-electron chi connectivity index (χ3n) is 6.73. The maximum absolute atomic E-state index is 12.9. The number of aromatic nitrogens is 3. The van der Waals surface area contributed by atoms with E-state index >= 15 is 0 Å². The maximum atomic E-state index is 12.9. The molecule has 4 heterocycles. The molecule has 0 saturated carbocycles. The summed E-state index contributed by atoms with van der Waals surface area (Å²) in [5, 5.41) is 0. The molecule has 6 nitrogen and oxygen atoms in total. The fraction of sp³-hybridized carbons (Fsp3) is 0.375. The molecule has 0 aliphatic carbocycles. The fourth-order valence-corrected chi connectivity index (χ4v) is 5.15. The van der Waals surface area contributed by atoms with E-state index < -0.39 is 0 Å². The van der Waals surface area contributed by atoms with Crippen molar-refractivity contribution in [3.8, 4) is 11.3 Å². The van der Waals surface area contributed by atoms with Gasteiger partial charge in [0.05, 0.1) is 17.4 Å². The zero-order valence-electron chi connectivity index (χ0n) is 17.4. The molecule has 1 fully saturated rings. The summed E-state index contributed by atoms with van der Waals surface area (Å²) in [5.41, 5.74) is 3.01. The van der Waals surface area contributed by atoms with Crippen molar-refractivity contribution < 1.29 is 4.79 Å². The van der Waals surface area contributed by atoms with Crippen LogP contribution in [-0.2, 0) is 12.1 Å². The highest BCUT2D eigenvalue weighted by Gasteiger charge is 2.47. The molecule has 0 bridgehead atoms. The summed E-state index contributed by atoms with van der Waals surface area (Å²) in [6.07, 6.45) is 7.20. The summed E-state index contributed by atoms with van der Waals surface area (Å²) in [5.74, 6) is 1.25. The number of carbonyl (C=O) groups excluding carboxylic acids is 1. The summed E-state index contributed by atoms with van der Waals surface area (Å²) >= 11 is 0. The van der Waals surface area contributed by atoms with Gasteiger partial charge >= 0.3 is 0 Å². The number of amides is 1. The van der Waals surface area contributed by atoms with Crippen LogP contribution in [0.1, 0.15) is 35.9 Å². The van der Waals surface area contributed by atoms with E-state index in [1.807, 2.05) is 17.2 Å². The first-order valence-corrected chi connectivity index (χ1v) is 10.8. The SMILES string of the molecule is CCN1CCn2c(-c3ccccc3)cnc2C12CCN(C(=O)c1ccncc1)CC2. The van der Waals surface area contributed by atoms with Crippen molar-refractivity contribution in [2.75, 3.05) is 26.2 Å². The molecule has 3 aromatic rings. The molecule has 6 heteroatoms. The van der Waals surface area contributed by atoms with Gasteiger partial charge in [0.15, 0.2) is 0 Å². The van der Waals surface area contributed by atoms with Crippen LogP contribution in [-0.4, -0.2) is 56.4 Å². The number of piperidine rings is 1. The lowest BCUT2D eigenvalue weighted by molar-refractivity contribution is -0.00313. The number of nitrogens with zero attached hydrogens (tertiary/aromatic N) is 5. The van der Waals surface area contributed by atoms with E-state index in [9.17, 15) is 4.79 Å². The second-order valence-electron chi connectivity index (χ2n) is 8.12. The number of hydrogen-bond donors (Lipinski definition) is 0. The molecule has 5 rings (SSSR count). The van der Waals surface area contributed by atoms with Crippen LogP contribution in [0, 0.1) is 0 Å². The van der Waals surface area contributed by atoms with E-state index in [1.165, 1.54) is 11.3 Å². The molecule has 2 aliphatic heterocycles. The number of pyridine rings is 1. The van der Waals surface area contributed by atoms with Crippen molar-refractivity contribution in [3.05, 3.63) is 72.4 Å². The van der Waals surface area contributed by atoms with Crippen LogP contribution in [0.4, 0.5) is 0 Å². The van der Waals surface area contributed by atoms with Crippen LogP contribution in [0.15, 0.2) is 61.1 Å². The quantitative estimate of drug-likeness (QED) is 0.675. The molecule has 1 amide bonds. The molecular weight excluding hydrogens is 374 g/mol. The Morgan fingerprint density at radius 1 is 1.00 bits per heavy atom. The Morgan fingerprint density at radius 2 is 1.73 bits per heavy atom. The topological polar surface area (TPSA) is 54.3 Å². The fourth-order valence-electron chi connectivity index (χ4n) is 5.15. The second-order valence-corrected chi connectivity index (χ2v) is 8.12. The second kappa shape index (κ2) is 7.69. The van der Waals surface area contributed by atoms with Crippen LogP contribution >= 0.6 is 0 Å².